The van der Waals surface area contributed by atoms with Crippen LogP contribution in [0.2, 0.25) is 5.02 Å². The summed E-state index contributed by atoms with van der Waals surface area (Å²) in [5, 5.41) is 0.376. The number of ether oxygens (including phenoxy) is 1. The van der Waals surface area contributed by atoms with Crippen molar-refractivity contribution in [1.82, 2.24) is 4.90 Å². The van der Waals surface area contributed by atoms with Crippen LogP contribution in [0.1, 0.15) is 22.8 Å². The second kappa shape index (κ2) is 8.62. The van der Waals surface area contributed by atoms with Crippen LogP contribution >= 0.6 is 11.6 Å². The molecule has 2 aromatic rings. The fourth-order valence-corrected chi connectivity index (χ4v) is 2.30. The highest BCUT2D eigenvalue weighted by Gasteiger charge is 2.14. The number of benzene rings is 2. The molecule has 0 spiro atoms. The summed E-state index contributed by atoms with van der Waals surface area (Å²) in [7, 11) is 1.90. The van der Waals surface area contributed by atoms with Gasteiger partial charge in [-0.05, 0) is 43.7 Å². The molecule has 0 saturated carbocycles. The molecule has 0 radical (unpaired) electrons. The van der Waals surface area contributed by atoms with E-state index in [1.54, 1.807) is 37.5 Å². The van der Waals surface area contributed by atoms with Gasteiger partial charge in [-0.25, -0.2) is 9.38 Å². The van der Waals surface area contributed by atoms with Crippen LogP contribution in [-0.4, -0.2) is 37.2 Å². The molecule has 0 saturated heterocycles. The number of aliphatic imine (C=N–C) groups is 1. The number of nitrogens with zero attached hydrogens (tertiary/aromatic N) is 2. The molecule has 0 unspecified atom stereocenters. The summed E-state index contributed by atoms with van der Waals surface area (Å²) >= 11 is 6.23. The normalized spacial score (nSPS) is 10.9. The number of halogens is 2. The molecular weight excluding hydrogens is 343 g/mol. The number of ketones is 1. The SMILES string of the molecule is CCN(C)/C=N\c1cc(C)c(C(=O)COc2ccccc2F)cc1Cl. The fourth-order valence-electron chi connectivity index (χ4n) is 2.09. The molecule has 0 atom stereocenters. The predicted molar refractivity (Wildman–Crippen MR) is 98.9 cm³/mol. The van der Waals surface area contributed by atoms with Crippen molar-refractivity contribution in [1.29, 1.82) is 0 Å². The lowest BCUT2D eigenvalue weighted by atomic mass is 10.0. The van der Waals surface area contributed by atoms with Crippen molar-refractivity contribution in [3.63, 3.8) is 0 Å². The maximum atomic E-state index is 13.5. The summed E-state index contributed by atoms with van der Waals surface area (Å²) in [5.74, 6) is -0.734. The van der Waals surface area contributed by atoms with Crippen LogP contribution in [-0.2, 0) is 0 Å². The molecule has 6 heteroatoms. The van der Waals surface area contributed by atoms with E-state index in [0.717, 1.165) is 12.1 Å². The number of hydrogen-bond donors (Lipinski definition) is 0. The average molecular weight is 363 g/mol. The summed E-state index contributed by atoms with van der Waals surface area (Å²) in [5.41, 5.74) is 1.76. The summed E-state index contributed by atoms with van der Waals surface area (Å²) in [6, 6.07) is 9.28. The zero-order valence-electron chi connectivity index (χ0n) is 14.4. The van der Waals surface area contributed by atoms with E-state index in [1.807, 2.05) is 18.9 Å². The van der Waals surface area contributed by atoms with Gasteiger partial charge in [-0.3, -0.25) is 4.79 Å². The van der Waals surface area contributed by atoms with E-state index >= 15 is 0 Å². The first kappa shape index (κ1) is 18.9. The Bertz CT molecular complexity index is 793. The van der Waals surface area contributed by atoms with Gasteiger partial charge in [0.05, 0.1) is 17.0 Å². The van der Waals surface area contributed by atoms with Gasteiger partial charge in [0.25, 0.3) is 0 Å². The van der Waals surface area contributed by atoms with Gasteiger partial charge in [0.15, 0.2) is 18.2 Å². The predicted octanol–water partition coefficient (Wildman–Crippen LogP) is 4.66. The molecule has 2 rings (SSSR count). The van der Waals surface area contributed by atoms with Crippen LogP contribution < -0.4 is 4.74 Å². The van der Waals surface area contributed by atoms with E-state index in [-0.39, 0.29) is 18.1 Å². The van der Waals surface area contributed by atoms with Gasteiger partial charge in [0.1, 0.15) is 0 Å². The number of carbonyl (C=O) groups is 1. The third-order valence-electron chi connectivity index (χ3n) is 3.68. The first-order chi connectivity index (χ1) is 11.9. The lowest BCUT2D eigenvalue weighted by Gasteiger charge is -2.11. The number of carbonyl (C=O) groups excluding carboxylic acids is 1. The molecule has 132 valence electrons. The summed E-state index contributed by atoms with van der Waals surface area (Å²) < 4.78 is 18.8. The molecule has 4 nitrogen and oxygen atoms in total. The minimum Gasteiger partial charge on any atom is -0.482 e. The van der Waals surface area contributed by atoms with E-state index in [0.29, 0.717) is 16.3 Å². The lowest BCUT2D eigenvalue weighted by Crippen LogP contribution is -2.14. The lowest BCUT2D eigenvalue weighted by molar-refractivity contribution is 0.0918. The van der Waals surface area contributed by atoms with Crippen molar-refractivity contribution in [2.75, 3.05) is 20.2 Å². The molecule has 25 heavy (non-hydrogen) atoms. The van der Waals surface area contributed by atoms with Crippen molar-refractivity contribution in [3.05, 3.63) is 58.4 Å². The molecule has 0 aliphatic rings. The Labute approximate surface area is 151 Å². The fraction of sp³-hybridized carbons (Fsp3) is 0.263. The molecule has 0 aliphatic heterocycles. The third-order valence-corrected chi connectivity index (χ3v) is 3.99. The number of aryl methyl sites for hydroxylation is 1. The van der Waals surface area contributed by atoms with Gasteiger partial charge in [0, 0.05) is 19.2 Å². The van der Waals surface area contributed by atoms with Crippen molar-refractivity contribution < 1.29 is 13.9 Å². The summed E-state index contributed by atoms with van der Waals surface area (Å²) in [4.78, 5) is 18.6. The smallest absolute Gasteiger partial charge is 0.200 e. The van der Waals surface area contributed by atoms with Crippen LogP contribution in [0, 0.1) is 12.7 Å². The average Bonchev–Trinajstić information content (AvgIpc) is 2.60. The maximum absolute atomic E-state index is 13.5. The standard InChI is InChI=1S/C19H20ClFN2O2/c1-4-23(3)12-22-17-9-13(2)14(10-15(17)20)18(24)11-25-19-8-6-5-7-16(19)21/h5-10,12H,4,11H2,1-3H3/b22-12-. The van der Waals surface area contributed by atoms with E-state index in [1.165, 1.54) is 12.1 Å². The van der Waals surface area contributed by atoms with E-state index in [4.69, 9.17) is 16.3 Å². The van der Waals surface area contributed by atoms with Gasteiger partial charge in [0.2, 0.25) is 5.78 Å². The van der Waals surface area contributed by atoms with Crippen LogP contribution in [0.5, 0.6) is 5.75 Å². The van der Waals surface area contributed by atoms with Crippen molar-refractivity contribution in [3.8, 4) is 5.75 Å². The first-order valence-electron chi connectivity index (χ1n) is 7.87. The Morgan fingerprint density at radius 2 is 2.08 bits per heavy atom. The van der Waals surface area contributed by atoms with E-state index < -0.39 is 5.82 Å². The second-order valence-electron chi connectivity index (χ2n) is 5.58. The third kappa shape index (κ3) is 5.03. The Balaban J connectivity index is 2.13. The highest BCUT2D eigenvalue weighted by atomic mass is 35.5. The number of para-hydroxylation sites is 1. The van der Waals surface area contributed by atoms with Gasteiger partial charge >= 0.3 is 0 Å². The Morgan fingerprint density at radius 3 is 2.76 bits per heavy atom. The molecule has 0 heterocycles. The molecule has 0 aromatic heterocycles. The quantitative estimate of drug-likeness (QED) is 0.408. The van der Waals surface area contributed by atoms with Crippen molar-refractivity contribution >= 4 is 29.4 Å². The molecule has 0 amide bonds. The highest BCUT2D eigenvalue weighted by Crippen LogP contribution is 2.29. The highest BCUT2D eigenvalue weighted by molar-refractivity contribution is 6.33. The van der Waals surface area contributed by atoms with Crippen molar-refractivity contribution in [2.24, 2.45) is 4.99 Å². The van der Waals surface area contributed by atoms with Crippen molar-refractivity contribution in [2.45, 2.75) is 13.8 Å². The zero-order chi connectivity index (χ0) is 18.4. The van der Waals surface area contributed by atoms with Gasteiger partial charge in [-0.2, -0.15) is 0 Å². The van der Waals surface area contributed by atoms with Gasteiger partial charge in [-0.15, -0.1) is 0 Å². The molecule has 0 aliphatic carbocycles. The largest absolute Gasteiger partial charge is 0.482 e. The number of rotatable bonds is 7. The Hall–Kier alpha value is -2.40. The Kier molecular flexibility index (Phi) is 6.53. The first-order valence-corrected chi connectivity index (χ1v) is 8.25. The second-order valence-corrected chi connectivity index (χ2v) is 5.99. The molecule has 0 N–H and O–H groups in total. The van der Waals surface area contributed by atoms with Crippen LogP contribution in [0.15, 0.2) is 41.4 Å². The minimum atomic E-state index is -0.505. The monoisotopic (exact) mass is 362 g/mol. The summed E-state index contributed by atoms with van der Waals surface area (Å²) in [6.07, 6.45) is 1.68. The van der Waals surface area contributed by atoms with E-state index in [2.05, 4.69) is 4.99 Å². The van der Waals surface area contributed by atoms with Gasteiger partial charge in [-0.1, -0.05) is 23.7 Å². The van der Waals surface area contributed by atoms with Crippen LogP contribution in [0.25, 0.3) is 0 Å². The zero-order valence-corrected chi connectivity index (χ0v) is 15.2. The van der Waals surface area contributed by atoms with E-state index in [9.17, 15) is 9.18 Å². The Morgan fingerprint density at radius 1 is 1.36 bits per heavy atom. The molecule has 2 aromatic carbocycles. The molecule has 0 bridgehead atoms. The van der Waals surface area contributed by atoms with Gasteiger partial charge < -0.3 is 9.64 Å². The molecule has 0 fully saturated rings. The van der Waals surface area contributed by atoms with Crippen LogP contribution in [0.4, 0.5) is 10.1 Å². The summed E-state index contributed by atoms with van der Waals surface area (Å²) in [6.45, 7) is 4.37. The minimum absolute atomic E-state index is 0.0448. The maximum Gasteiger partial charge on any atom is 0.200 e. The number of Topliss-reactive ketones (excluding diaryl/α,β-unsaturated/α-hetero) is 1. The number of hydrogen-bond acceptors (Lipinski definition) is 3. The molecular formula is C19H20ClFN2O2. The topological polar surface area (TPSA) is 41.9 Å². The van der Waals surface area contributed by atoms with Crippen LogP contribution in [0.3, 0.4) is 0 Å².